The van der Waals surface area contributed by atoms with Gasteiger partial charge in [-0.25, -0.2) is 14.4 Å². The summed E-state index contributed by atoms with van der Waals surface area (Å²) in [6, 6.07) is 22.4. The number of amides is 1. The maximum Gasteiger partial charge on any atom is 0.292 e. The van der Waals surface area contributed by atoms with Crippen molar-refractivity contribution in [3.8, 4) is 22.8 Å². The smallest absolute Gasteiger partial charge is 0.292 e. The third kappa shape index (κ3) is 5.17. The van der Waals surface area contributed by atoms with Crippen LogP contribution in [0.2, 0.25) is 0 Å². The van der Waals surface area contributed by atoms with Gasteiger partial charge in [0.25, 0.3) is 5.91 Å². The lowest BCUT2D eigenvalue weighted by molar-refractivity contribution is 0.0947. The first-order valence-electron chi connectivity index (χ1n) is 11.0. The lowest BCUT2D eigenvalue weighted by Crippen LogP contribution is -2.22. The van der Waals surface area contributed by atoms with Crippen molar-refractivity contribution < 1.29 is 18.6 Å². The lowest BCUT2D eigenvalue weighted by atomic mass is 10.1. The second-order valence-electron chi connectivity index (χ2n) is 7.69. The second kappa shape index (κ2) is 10.5. The summed E-state index contributed by atoms with van der Waals surface area (Å²) in [5.74, 6) is -0.399. The van der Waals surface area contributed by atoms with Crippen LogP contribution in [0.15, 0.2) is 88.6 Å². The Bertz CT molecular complexity index is 1550. The summed E-state index contributed by atoms with van der Waals surface area (Å²) in [5, 5.41) is 19.4. The normalized spacial score (nSPS) is 11.1. The van der Waals surface area contributed by atoms with Crippen molar-refractivity contribution in [2.24, 2.45) is 5.10 Å². The molecule has 0 atom stereocenters. The number of ether oxygens (including phenoxy) is 1. The van der Waals surface area contributed by atoms with E-state index in [-0.39, 0.29) is 29.8 Å². The second-order valence-corrected chi connectivity index (χ2v) is 7.69. The van der Waals surface area contributed by atoms with Crippen LogP contribution in [-0.2, 0) is 6.61 Å². The van der Waals surface area contributed by atoms with Crippen molar-refractivity contribution in [3.63, 3.8) is 0 Å². The summed E-state index contributed by atoms with van der Waals surface area (Å²) in [7, 11) is 0. The molecule has 1 amide bonds. The van der Waals surface area contributed by atoms with E-state index in [2.05, 4.69) is 35.8 Å². The number of nitrogens with zero attached hydrogens (tertiary/aromatic N) is 6. The molecule has 0 saturated heterocycles. The van der Waals surface area contributed by atoms with E-state index < -0.39 is 5.91 Å². The zero-order valence-corrected chi connectivity index (χ0v) is 19.2. The van der Waals surface area contributed by atoms with Gasteiger partial charge in [0.05, 0.1) is 6.21 Å². The monoisotopic (exact) mass is 498 g/mol. The first-order chi connectivity index (χ1) is 18.1. The minimum atomic E-state index is -0.604. The van der Waals surface area contributed by atoms with Gasteiger partial charge in [-0.1, -0.05) is 53.7 Å². The lowest BCUT2D eigenvalue weighted by Gasteiger charge is -2.07. The van der Waals surface area contributed by atoms with Crippen LogP contribution in [0.1, 0.15) is 21.6 Å². The molecule has 37 heavy (non-hydrogen) atoms. The van der Waals surface area contributed by atoms with Crippen LogP contribution < -0.4 is 15.9 Å². The molecule has 0 aliphatic rings. The molecule has 2 aromatic heterocycles. The van der Waals surface area contributed by atoms with Gasteiger partial charge in [0.15, 0.2) is 5.69 Å². The number of hydrogen-bond acceptors (Lipinski definition) is 9. The number of hydrazone groups is 1. The quantitative estimate of drug-likeness (QED) is 0.245. The number of benzene rings is 3. The fourth-order valence-electron chi connectivity index (χ4n) is 3.41. The molecule has 11 nitrogen and oxygen atoms in total. The topological polar surface area (TPSA) is 146 Å². The molecule has 5 rings (SSSR count). The molecule has 0 aliphatic heterocycles. The fraction of sp³-hybridized carbons (Fsp3) is 0.0400. The minimum absolute atomic E-state index is 0.0229. The Morgan fingerprint density at radius 3 is 2.54 bits per heavy atom. The molecule has 2 heterocycles. The summed E-state index contributed by atoms with van der Waals surface area (Å²) in [4.78, 5) is 13.1. The first-order valence-corrected chi connectivity index (χ1v) is 11.0. The van der Waals surface area contributed by atoms with Gasteiger partial charge in [0.1, 0.15) is 23.9 Å². The third-order valence-electron chi connectivity index (χ3n) is 5.24. The molecule has 0 radical (unpaired) electrons. The van der Waals surface area contributed by atoms with E-state index in [1.54, 1.807) is 54.6 Å². The molecule has 0 saturated carbocycles. The van der Waals surface area contributed by atoms with Crippen molar-refractivity contribution in [2.75, 3.05) is 5.73 Å². The van der Waals surface area contributed by atoms with Gasteiger partial charge >= 0.3 is 0 Å². The Morgan fingerprint density at radius 1 is 1.05 bits per heavy atom. The van der Waals surface area contributed by atoms with E-state index in [1.807, 2.05) is 18.2 Å². The highest BCUT2D eigenvalue weighted by molar-refractivity contribution is 5.99. The summed E-state index contributed by atoms with van der Waals surface area (Å²) < 4.78 is 25.2. The van der Waals surface area contributed by atoms with E-state index in [0.717, 1.165) is 4.68 Å². The number of nitrogens with two attached hydrogens (primary N) is 1. The number of halogens is 1. The van der Waals surface area contributed by atoms with Gasteiger partial charge in [0, 0.05) is 11.1 Å². The van der Waals surface area contributed by atoms with Gasteiger partial charge in [-0.15, -0.1) is 5.10 Å². The Hall–Kier alpha value is -5.39. The SMILES string of the molecule is Nc1nonc1-n1nnc(-c2ccccc2)c1C(=O)N/N=C/c1ccc(OCc2ccccc2F)cc1. The molecular weight excluding hydrogens is 479 g/mol. The number of nitrogens with one attached hydrogen (secondary N) is 1. The highest BCUT2D eigenvalue weighted by Gasteiger charge is 2.25. The molecule has 0 spiro atoms. The van der Waals surface area contributed by atoms with Crippen LogP contribution in [0.3, 0.4) is 0 Å². The van der Waals surface area contributed by atoms with E-state index >= 15 is 0 Å². The average molecular weight is 498 g/mol. The van der Waals surface area contributed by atoms with Crippen molar-refractivity contribution in [1.82, 2.24) is 30.7 Å². The van der Waals surface area contributed by atoms with Crippen LogP contribution in [0.5, 0.6) is 5.75 Å². The zero-order valence-electron chi connectivity index (χ0n) is 19.2. The van der Waals surface area contributed by atoms with Crippen LogP contribution in [0, 0.1) is 5.82 Å². The number of rotatable bonds is 8. The third-order valence-corrected chi connectivity index (χ3v) is 5.24. The summed E-state index contributed by atoms with van der Waals surface area (Å²) >= 11 is 0. The molecule has 5 aromatic rings. The molecular formula is C25H19FN8O3. The molecule has 0 fully saturated rings. The van der Waals surface area contributed by atoms with Crippen LogP contribution in [-0.4, -0.2) is 37.4 Å². The average Bonchev–Trinajstić information content (AvgIpc) is 3.55. The predicted molar refractivity (Wildman–Crippen MR) is 131 cm³/mol. The maximum absolute atomic E-state index is 13.8. The highest BCUT2D eigenvalue weighted by atomic mass is 19.1. The van der Waals surface area contributed by atoms with Crippen molar-refractivity contribution >= 4 is 17.9 Å². The van der Waals surface area contributed by atoms with Crippen LogP contribution >= 0.6 is 0 Å². The molecule has 0 aliphatic carbocycles. The van der Waals surface area contributed by atoms with Gasteiger partial charge in [-0.3, -0.25) is 4.79 Å². The van der Waals surface area contributed by atoms with E-state index in [1.165, 1.54) is 12.3 Å². The van der Waals surface area contributed by atoms with Crippen LogP contribution in [0.4, 0.5) is 10.2 Å². The fourth-order valence-corrected chi connectivity index (χ4v) is 3.41. The summed E-state index contributed by atoms with van der Waals surface area (Å²) in [5.41, 5.74) is 10.4. The number of anilines is 1. The Balaban J connectivity index is 1.30. The largest absolute Gasteiger partial charge is 0.489 e. The molecule has 12 heteroatoms. The first kappa shape index (κ1) is 23.4. The van der Waals surface area contributed by atoms with Gasteiger partial charge in [-0.2, -0.15) is 9.78 Å². The van der Waals surface area contributed by atoms with E-state index in [0.29, 0.717) is 28.1 Å². The van der Waals surface area contributed by atoms with Gasteiger partial charge < -0.3 is 10.5 Å². The number of aromatic nitrogens is 5. The van der Waals surface area contributed by atoms with Gasteiger partial charge in [0.2, 0.25) is 11.6 Å². The summed E-state index contributed by atoms with van der Waals surface area (Å²) in [6.07, 6.45) is 1.46. The van der Waals surface area contributed by atoms with Crippen molar-refractivity contribution in [1.29, 1.82) is 0 Å². The predicted octanol–water partition coefficient (Wildman–Crippen LogP) is 3.38. The number of carbonyl (C=O) groups is 1. The number of hydrogen-bond donors (Lipinski definition) is 2. The molecule has 3 N–H and O–H groups in total. The Labute approximate surface area is 209 Å². The van der Waals surface area contributed by atoms with E-state index in [4.69, 9.17) is 10.5 Å². The standard InChI is InChI=1S/C25H19FN8O3/c26-20-9-5-4-8-18(20)15-36-19-12-10-16(11-13-19)14-28-30-25(35)22-21(17-6-2-1-3-7-17)29-33-34(22)24-23(27)31-37-32-24/h1-14H,15H2,(H2,27,31)(H,30,35)/b28-14+. The van der Waals surface area contributed by atoms with Gasteiger partial charge in [-0.05, 0) is 46.2 Å². The van der Waals surface area contributed by atoms with Crippen molar-refractivity contribution in [3.05, 3.63) is 102 Å². The van der Waals surface area contributed by atoms with Crippen molar-refractivity contribution in [2.45, 2.75) is 6.61 Å². The zero-order chi connectivity index (χ0) is 25.6. The molecule has 3 aromatic carbocycles. The van der Waals surface area contributed by atoms with Crippen LogP contribution in [0.25, 0.3) is 17.1 Å². The molecule has 0 bridgehead atoms. The molecule has 184 valence electrons. The number of carbonyl (C=O) groups excluding carboxylic acids is 1. The highest BCUT2D eigenvalue weighted by Crippen LogP contribution is 2.24. The summed E-state index contributed by atoms with van der Waals surface area (Å²) in [6.45, 7) is 0.104. The molecule has 0 unspecified atom stereocenters. The number of nitrogen functional groups attached to an aromatic ring is 1. The minimum Gasteiger partial charge on any atom is -0.489 e. The van der Waals surface area contributed by atoms with E-state index in [9.17, 15) is 9.18 Å². The maximum atomic E-state index is 13.8. The Morgan fingerprint density at radius 2 is 1.81 bits per heavy atom. The Kier molecular flexibility index (Phi) is 6.61.